The summed E-state index contributed by atoms with van der Waals surface area (Å²) in [5.41, 5.74) is 0.435. The molecule has 0 N–H and O–H groups in total. The largest absolute Gasteiger partial charge is 0.238 e. The molecule has 0 atom stereocenters. The van der Waals surface area contributed by atoms with Crippen molar-refractivity contribution in [2.75, 3.05) is 0 Å². The van der Waals surface area contributed by atoms with Crippen molar-refractivity contribution in [3.05, 3.63) is 23.0 Å². The standard InChI is InChI=1S/C9H12ClFN2/c1-3-6(4-2)8-7(11)9(10)13-5-12-8/h5-6H,3-4H2,1-2H3. The van der Waals surface area contributed by atoms with Crippen LogP contribution in [0.5, 0.6) is 0 Å². The maximum absolute atomic E-state index is 13.4. The minimum Gasteiger partial charge on any atom is -0.238 e. The molecule has 13 heavy (non-hydrogen) atoms. The van der Waals surface area contributed by atoms with Crippen LogP contribution in [0.3, 0.4) is 0 Å². The number of hydrogen-bond acceptors (Lipinski definition) is 2. The molecule has 0 aromatic carbocycles. The Hall–Kier alpha value is -0.700. The van der Waals surface area contributed by atoms with E-state index in [0.29, 0.717) is 5.69 Å². The van der Waals surface area contributed by atoms with Crippen molar-refractivity contribution < 1.29 is 4.39 Å². The first kappa shape index (κ1) is 10.4. The minimum atomic E-state index is -0.474. The van der Waals surface area contributed by atoms with Gasteiger partial charge in [0, 0.05) is 5.92 Å². The summed E-state index contributed by atoms with van der Waals surface area (Å²) < 4.78 is 13.4. The van der Waals surface area contributed by atoms with Crippen molar-refractivity contribution in [3.8, 4) is 0 Å². The van der Waals surface area contributed by atoms with Crippen LogP contribution >= 0.6 is 11.6 Å². The highest BCUT2D eigenvalue weighted by molar-refractivity contribution is 6.29. The molecule has 0 amide bonds. The van der Waals surface area contributed by atoms with Gasteiger partial charge < -0.3 is 0 Å². The Balaban J connectivity index is 3.05. The highest BCUT2D eigenvalue weighted by Gasteiger charge is 2.16. The Morgan fingerprint density at radius 3 is 2.54 bits per heavy atom. The van der Waals surface area contributed by atoms with Crippen LogP contribution in [0, 0.1) is 5.82 Å². The monoisotopic (exact) mass is 202 g/mol. The van der Waals surface area contributed by atoms with Crippen LogP contribution in [0.15, 0.2) is 6.33 Å². The second-order valence-electron chi connectivity index (χ2n) is 2.88. The lowest BCUT2D eigenvalue weighted by atomic mass is 9.99. The molecule has 0 bridgehead atoms. The SMILES string of the molecule is CCC(CC)c1ncnc(Cl)c1F. The Bertz CT molecular complexity index is 287. The summed E-state index contributed by atoms with van der Waals surface area (Å²) in [7, 11) is 0. The molecule has 72 valence electrons. The third-order valence-corrected chi connectivity index (χ3v) is 2.41. The van der Waals surface area contributed by atoms with Gasteiger partial charge in [0.1, 0.15) is 6.33 Å². The molecule has 4 heteroatoms. The molecule has 0 radical (unpaired) electrons. The molecule has 1 aromatic rings. The molecule has 0 fully saturated rings. The van der Waals surface area contributed by atoms with Crippen molar-refractivity contribution in [3.63, 3.8) is 0 Å². The first-order valence-corrected chi connectivity index (χ1v) is 4.74. The molecular weight excluding hydrogens is 191 g/mol. The molecule has 0 aliphatic rings. The van der Waals surface area contributed by atoms with E-state index in [1.807, 2.05) is 13.8 Å². The smallest absolute Gasteiger partial charge is 0.182 e. The molecule has 0 unspecified atom stereocenters. The van der Waals surface area contributed by atoms with Crippen LogP contribution < -0.4 is 0 Å². The predicted molar refractivity (Wildman–Crippen MR) is 50.3 cm³/mol. The first-order chi connectivity index (χ1) is 6.20. The summed E-state index contributed by atoms with van der Waals surface area (Å²) >= 11 is 5.55. The van der Waals surface area contributed by atoms with Gasteiger partial charge in [-0.1, -0.05) is 25.4 Å². The predicted octanol–water partition coefficient (Wildman–Crippen LogP) is 3.17. The maximum Gasteiger partial charge on any atom is 0.182 e. The van der Waals surface area contributed by atoms with E-state index in [9.17, 15) is 4.39 Å². The van der Waals surface area contributed by atoms with E-state index >= 15 is 0 Å². The topological polar surface area (TPSA) is 25.8 Å². The van der Waals surface area contributed by atoms with Gasteiger partial charge in [-0.2, -0.15) is 0 Å². The summed E-state index contributed by atoms with van der Waals surface area (Å²) in [6.45, 7) is 4.01. The average molecular weight is 203 g/mol. The van der Waals surface area contributed by atoms with E-state index in [2.05, 4.69) is 9.97 Å². The van der Waals surface area contributed by atoms with Crippen LogP contribution in [0.2, 0.25) is 5.15 Å². The molecule has 0 saturated heterocycles. The summed E-state index contributed by atoms with van der Waals surface area (Å²) in [4.78, 5) is 7.48. The van der Waals surface area contributed by atoms with E-state index in [4.69, 9.17) is 11.6 Å². The number of aromatic nitrogens is 2. The van der Waals surface area contributed by atoms with Gasteiger partial charge in [-0.15, -0.1) is 0 Å². The number of rotatable bonds is 3. The maximum atomic E-state index is 13.4. The average Bonchev–Trinajstić information content (AvgIpc) is 2.14. The van der Waals surface area contributed by atoms with Gasteiger partial charge in [0.2, 0.25) is 0 Å². The fraction of sp³-hybridized carbons (Fsp3) is 0.556. The van der Waals surface area contributed by atoms with Crippen molar-refractivity contribution in [1.29, 1.82) is 0 Å². The summed E-state index contributed by atoms with van der Waals surface area (Å²) in [6, 6.07) is 0. The molecule has 0 aliphatic carbocycles. The van der Waals surface area contributed by atoms with Crippen LogP contribution in [0.4, 0.5) is 4.39 Å². The molecule has 1 rings (SSSR count). The van der Waals surface area contributed by atoms with Gasteiger partial charge in [0.25, 0.3) is 0 Å². The van der Waals surface area contributed by atoms with Gasteiger partial charge in [0.15, 0.2) is 11.0 Å². The van der Waals surface area contributed by atoms with Crippen molar-refractivity contribution in [2.45, 2.75) is 32.6 Å². The normalized spacial score (nSPS) is 10.8. The lowest BCUT2D eigenvalue weighted by molar-refractivity contribution is 0.535. The molecule has 0 spiro atoms. The molecule has 2 nitrogen and oxygen atoms in total. The Morgan fingerprint density at radius 1 is 1.38 bits per heavy atom. The number of halogens is 2. The van der Waals surface area contributed by atoms with Crippen molar-refractivity contribution in [2.24, 2.45) is 0 Å². The second-order valence-corrected chi connectivity index (χ2v) is 3.24. The minimum absolute atomic E-state index is 0.0862. The Labute approximate surface area is 82.2 Å². The lowest BCUT2D eigenvalue weighted by Crippen LogP contribution is -2.04. The fourth-order valence-corrected chi connectivity index (χ4v) is 1.46. The zero-order valence-electron chi connectivity index (χ0n) is 7.72. The van der Waals surface area contributed by atoms with Crippen molar-refractivity contribution >= 4 is 11.6 Å². The van der Waals surface area contributed by atoms with Crippen LogP contribution in [0.1, 0.15) is 38.3 Å². The van der Waals surface area contributed by atoms with Crippen molar-refractivity contribution in [1.82, 2.24) is 9.97 Å². The van der Waals surface area contributed by atoms with Gasteiger partial charge in [-0.3, -0.25) is 0 Å². The Kier molecular flexibility index (Phi) is 3.60. The van der Waals surface area contributed by atoms with E-state index in [1.54, 1.807) is 0 Å². The van der Waals surface area contributed by atoms with E-state index in [1.165, 1.54) is 6.33 Å². The van der Waals surface area contributed by atoms with Gasteiger partial charge >= 0.3 is 0 Å². The quantitative estimate of drug-likeness (QED) is 0.704. The van der Waals surface area contributed by atoms with Gasteiger partial charge in [-0.05, 0) is 12.8 Å². The summed E-state index contributed by atoms with van der Waals surface area (Å²) in [5.74, 6) is -0.335. The van der Waals surface area contributed by atoms with Crippen LogP contribution in [0.25, 0.3) is 0 Å². The van der Waals surface area contributed by atoms with E-state index in [-0.39, 0.29) is 11.1 Å². The lowest BCUT2D eigenvalue weighted by Gasteiger charge is -2.11. The zero-order valence-corrected chi connectivity index (χ0v) is 8.48. The van der Waals surface area contributed by atoms with Crippen LogP contribution in [-0.4, -0.2) is 9.97 Å². The first-order valence-electron chi connectivity index (χ1n) is 4.36. The number of nitrogens with zero attached hydrogens (tertiary/aromatic N) is 2. The summed E-state index contributed by atoms with van der Waals surface area (Å²) in [6.07, 6.45) is 3.03. The molecule has 1 aromatic heterocycles. The molecule has 1 heterocycles. The van der Waals surface area contributed by atoms with Crippen LogP contribution in [-0.2, 0) is 0 Å². The molecule has 0 aliphatic heterocycles. The van der Waals surface area contributed by atoms with Gasteiger partial charge in [0.05, 0.1) is 5.69 Å². The molecular formula is C9H12ClFN2. The highest BCUT2D eigenvalue weighted by Crippen LogP contribution is 2.25. The highest BCUT2D eigenvalue weighted by atomic mass is 35.5. The third-order valence-electron chi connectivity index (χ3n) is 2.15. The zero-order chi connectivity index (χ0) is 9.84. The Morgan fingerprint density at radius 2 is 2.00 bits per heavy atom. The van der Waals surface area contributed by atoms with E-state index < -0.39 is 5.82 Å². The van der Waals surface area contributed by atoms with E-state index in [0.717, 1.165) is 12.8 Å². The third kappa shape index (κ3) is 2.15. The van der Waals surface area contributed by atoms with Gasteiger partial charge in [-0.25, -0.2) is 14.4 Å². The second kappa shape index (κ2) is 4.51. The fourth-order valence-electron chi connectivity index (χ4n) is 1.32. The molecule has 0 saturated carbocycles. The summed E-state index contributed by atoms with van der Waals surface area (Å²) in [5, 5.41) is -0.0862. The number of hydrogen-bond donors (Lipinski definition) is 0.